The van der Waals surface area contributed by atoms with Crippen molar-refractivity contribution < 1.29 is 14.3 Å². The fourth-order valence-electron chi connectivity index (χ4n) is 3.31. The molecule has 194 valence electrons. The lowest BCUT2D eigenvalue weighted by Crippen LogP contribution is -2.36. The van der Waals surface area contributed by atoms with Crippen LogP contribution in [0.3, 0.4) is 0 Å². The highest BCUT2D eigenvalue weighted by Crippen LogP contribution is 2.20. The van der Waals surface area contributed by atoms with Crippen LogP contribution >= 0.6 is 0 Å². The Morgan fingerprint density at radius 1 is 0.676 bits per heavy atom. The predicted octanol–water partition coefficient (Wildman–Crippen LogP) is 8.30. The summed E-state index contributed by atoms with van der Waals surface area (Å²) >= 11 is 0. The van der Waals surface area contributed by atoms with Crippen LogP contribution in [-0.4, -0.2) is 18.1 Å². The van der Waals surface area contributed by atoms with E-state index in [2.05, 4.69) is 20.8 Å². The highest BCUT2D eigenvalue weighted by Gasteiger charge is 2.25. The maximum Gasteiger partial charge on any atom is 0.224 e. The van der Waals surface area contributed by atoms with Gasteiger partial charge in [-0.1, -0.05) is 105 Å². The third-order valence-corrected chi connectivity index (χ3v) is 5.40. The Hall–Kier alpha value is -2.49. The van der Waals surface area contributed by atoms with Gasteiger partial charge >= 0.3 is 0 Å². The Bertz CT molecular complexity index is 691. The molecular weight excluding hydrogens is 422 g/mol. The smallest absolute Gasteiger partial charge is 0.224 e. The number of carbonyl (C=O) groups is 1. The summed E-state index contributed by atoms with van der Waals surface area (Å²) in [5, 5.41) is 0. The van der Waals surface area contributed by atoms with Gasteiger partial charge in [-0.15, -0.1) is 0 Å². The lowest BCUT2D eigenvalue weighted by molar-refractivity contribution is -0.124. The van der Waals surface area contributed by atoms with Crippen molar-refractivity contribution in [1.82, 2.24) is 0 Å². The van der Waals surface area contributed by atoms with Gasteiger partial charge in [-0.2, -0.15) is 0 Å². The fourth-order valence-corrected chi connectivity index (χ4v) is 3.31. The molecule has 0 unspecified atom stereocenters. The van der Waals surface area contributed by atoms with Crippen LogP contribution < -0.4 is 15.2 Å². The highest BCUT2D eigenvalue weighted by atomic mass is 16.5. The molecule has 0 saturated heterocycles. The summed E-state index contributed by atoms with van der Waals surface area (Å²) < 4.78 is 11.7. The Morgan fingerprint density at radius 2 is 1.06 bits per heavy atom. The summed E-state index contributed by atoms with van der Waals surface area (Å²) in [5.41, 5.74) is 5.36. The Morgan fingerprint density at radius 3 is 1.35 bits per heavy atom. The molecule has 4 atom stereocenters. The lowest BCUT2D eigenvalue weighted by atomic mass is 9.96. The van der Waals surface area contributed by atoms with Crippen LogP contribution in [0.25, 0.3) is 0 Å². The predicted molar refractivity (Wildman–Crippen MR) is 147 cm³/mol. The van der Waals surface area contributed by atoms with E-state index in [0.29, 0.717) is 18.4 Å². The number of para-hydroxylation sites is 2. The molecule has 0 saturated carbocycles. The maximum absolute atomic E-state index is 11.3. The molecule has 0 aromatic heterocycles. The van der Waals surface area contributed by atoms with Gasteiger partial charge in [0, 0.05) is 0 Å². The van der Waals surface area contributed by atoms with Crippen molar-refractivity contribution >= 4 is 5.91 Å². The molecule has 0 bridgehead atoms. The summed E-state index contributed by atoms with van der Waals surface area (Å²) in [6, 6.07) is 19.6. The molecule has 0 aliphatic carbocycles. The van der Waals surface area contributed by atoms with Crippen LogP contribution in [0.4, 0.5) is 0 Å². The van der Waals surface area contributed by atoms with Gasteiger partial charge in [0.25, 0.3) is 0 Å². The molecule has 4 nitrogen and oxygen atoms in total. The second-order valence-corrected chi connectivity index (χ2v) is 7.56. The Labute approximate surface area is 210 Å². The van der Waals surface area contributed by atoms with Crippen LogP contribution in [0, 0.1) is 11.8 Å². The average molecular weight is 474 g/mol. The number of nitrogens with two attached hydrogens (primary N) is 1. The first-order valence-electron chi connectivity index (χ1n) is 13.2. The Balaban J connectivity index is 0. The monoisotopic (exact) mass is 473 g/mol. The second-order valence-electron chi connectivity index (χ2n) is 7.56. The number of ether oxygens (including phenoxy) is 2. The third kappa shape index (κ3) is 13.9. The molecule has 2 aromatic rings. The topological polar surface area (TPSA) is 61.6 Å². The first-order valence-corrected chi connectivity index (χ1v) is 13.2. The van der Waals surface area contributed by atoms with E-state index < -0.39 is 0 Å². The van der Waals surface area contributed by atoms with Gasteiger partial charge in [-0.25, -0.2) is 0 Å². The zero-order valence-corrected chi connectivity index (χ0v) is 23.2. The molecule has 0 radical (unpaired) electrons. The third-order valence-electron chi connectivity index (χ3n) is 5.40. The summed E-state index contributed by atoms with van der Waals surface area (Å²) in [7, 11) is 0. The molecule has 0 aliphatic heterocycles. The molecule has 4 heteroatoms. The van der Waals surface area contributed by atoms with Crippen molar-refractivity contribution in [2.75, 3.05) is 0 Å². The molecule has 1 amide bonds. The standard InChI is InChI=1S/C13H19NO2.C13H20O.2C2H6/c1-3-11(13(14)15)12(4-2)16-10-8-6-5-7-9-10;1-4-11(3)13(5-2)14-12-9-7-6-8-10-12;2*1-2/h5-9,11-12H,3-4H2,1-2H3,(H2,14,15);6-11,13H,4-5H2,1-3H3;2*1-2H3/t11-,12+;11-,13+;;/m00../s1. The number of benzene rings is 2. The summed E-state index contributed by atoms with van der Waals surface area (Å²) in [6.07, 6.45) is 3.94. The van der Waals surface area contributed by atoms with Crippen molar-refractivity contribution in [2.24, 2.45) is 17.6 Å². The van der Waals surface area contributed by atoms with Gasteiger partial charge in [0.2, 0.25) is 5.91 Å². The second kappa shape index (κ2) is 22.3. The number of primary amides is 1. The van der Waals surface area contributed by atoms with Crippen molar-refractivity contribution in [3.05, 3.63) is 60.7 Å². The first-order chi connectivity index (χ1) is 16.5. The van der Waals surface area contributed by atoms with E-state index in [1.165, 1.54) is 6.42 Å². The van der Waals surface area contributed by atoms with Crippen molar-refractivity contribution in [1.29, 1.82) is 0 Å². The number of hydrogen-bond acceptors (Lipinski definition) is 3. The minimum atomic E-state index is -0.287. The maximum atomic E-state index is 11.3. The largest absolute Gasteiger partial charge is 0.490 e. The minimum Gasteiger partial charge on any atom is -0.490 e. The van der Waals surface area contributed by atoms with Crippen LogP contribution in [0.5, 0.6) is 11.5 Å². The summed E-state index contributed by atoms with van der Waals surface area (Å²) in [5.74, 6) is 1.89. The first kappa shape index (κ1) is 33.7. The normalized spacial score (nSPS) is 13.1. The molecule has 2 rings (SSSR count). The van der Waals surface area contributed by atoms with Crippen LogP contribution in [-0.2, 0) is 4.79 Å². The van der Waals surface area contributed by atoms with Crippen molar-refractivity contribution in [2.45, 2.75) is 100 Å². The van der Waals surface area contributed by atoms with Crippen LogP contribution in [0.2, 0.25) is 0 Å². The number of amides is 1. The fraction of sp³-hybridized carbons (Fsp3) is 0.567. The number of hydrogen-bond donors (Lipinski definition) is 1. The summed E-state index contributed by atoms with van der Waals surface area (Å²) in [6.45, 7) is 18.6. The zero-order valence-electron chi connectivity index (χ0n) is 23.2. The number of rotatable bonds is 11. The van der Waals surface area contributed by atoms with E-state index in [4.69, 9.17) is 15.2 Å². The molecule has 0 spiro atoms. The zero-order chi connectivity index (χ0) is 26.4. The Kier molecular flexibility index (Phi) is 22.1. The van der Waals surface area contributed by atoms with Gasteiger partial charge < -0.3 is 15.2 Å². The SMILES string of the molecule is CC.CC.CC[C@H](C(N)=O)[C@@H](CC)Oc1ccccc1.CC[C@H](C)[C@@H](CC)Oc1ccccc1. The molecule has 2 N–H and O–H groups in total. The van der Waals surface area contributed by atoms with E-state index in [1.54, 1.807) is 0 Å². The van der Waals surface area contributed by atoms with E-state index in [1.807, 2.05) is 102 Å². The van der Waals surface area contributed by atoms with Gasteiger partial charge in [-0.05, 0) is 49.4 Å². The minimum absolute atomic E-state index is 0.134. The van der Waals surface area contributed by atoms with Crippen LogP contribution in [0.1, 0.15) is 88.0 Å². The average Bonchev–Trinajstić information content (AvgIpc) is 2.90. The number of carbonyl (C=O) groups excluding carboxylic acids is 1. The molecule has 2 aromatic carbocycles. The quantitative estimate of drug-likeness (QED) is 0.357. The van der Waals surface area contributed by atoms with Gasteiger partial charge in [0.1, 0.15) is 23.7 Å². The molecular formula is C30H51NO3. The highest BCUT2D eigenvalue weighted by molar-refractivity contribution is 5.77. The van der Waals surface area contributed by atoms with Gasteiger partial charge in [0.15, 0.2) is 0 Å². The lowest BCUT2D eigenvalue weighted by Gasteiger charge is -2.23. The van der Waals surface area contributed by atoms with Gasteiger partial charge in [-0.3, -0.25) is 4.79 Å². The van der Waals surface area contributed by atoms with E-state index >= 15 is 0 Å². The van der Waals surface area contributed by atoms with E-state index in [-0.39, 0.29) is 17.9 Å². The van der Waals surface area contributed by atoms with E-state index in [0.717, 1.165) is 24.3 Å². The summed E-state index contributed by atoms with van der Waals surface area (Å²) in [4.78, 5) is 11.3. The molecule has 0 heterocycles. The van der Waals surface area contributed by atoms with E-state index in [9.17, 15) is 4.79 Å². The molecule has 0 fully saturated rings. The molecule has 34 heavy (non-hydrogen) atoms. The van der Waals surface area contributed by atoms with Crippen molar-refractivity contribution in [3.8, 4) is 11.5 Å². The van der Waals surface area contributed by atoms with Crippen LogP contribution in [0.15, 0.2) is 60.7 Å². The van der Waals surface area contributed by atoms with Crippen molar-refractivity contribution in [3.63, 3.8) is 0 Å². The molecule has 0 aliphatic rings. The van der Waals surface area contributed by atoms with Gasteiger partial charge in [0.05, 0.1) is 5.92 Å².